The highest BCUT2D eigenvalue weighted by molar-refractivity contribution is 5.82. The number of aromatic nitrogens is 2. The third kappa shape index (κ3) is 4.30. The van der Waals surface area contributed by atoms with E-state index in [1.165, 1.54) is 0 Å². The number of nitrogens with zero attached hydrogens (tertiary/aromatic N) is 2. The molecule has 1 amide bonds. The monoisotopic (exact) mass is 320 g/mol. The SMILES string of the molecule is O=C(COc1cc(-c2ccccc2)[nH]n1)N/N=C/c1ccccc1. The van der Waals surface area contributed by atoms with Crippen molar-refractivity contribution in [2.24, 2.45) is 5.10 Å². The molecule has 0 fully saturated rings. The summed E-state index contributed by atoms with van der Waals surface area (Å²) < 4.78 is 5.34. The number of ether oxygens (including phenoxy) is 1. The van der Waals surface area contributed by atoms with Crippen LogP contribution in [0.1, 0.15) is 5.56 Å². The maximum Gasteiger partial charge on any atom is 0.278 e. The number of aromatic amines is 1. The first-order valence-corrected chi connectivity index (χ1v) is 7.42. The summed E-state index contributed by atoms with van der Waals surface area (Å²) >= 11 is 0. The van der Waals surface area contributed by atoms with E-state index in [-0.39, 0.29) is 12.5 Å². The van der Waals surface area contributed by atoms with E-state index in [2.05, 4.69) is 20.7 Å². The van der Waals surface area contributed by atoms with Crippen LogP contribution in [0.5, 0.6) is 5.88 Å². The second kappa shape index (κ2) is 7.73. The van der Waals surface area contributed by atoms with Crippen LogP contribution in [0.25, 0.3) is 11.3 Å². The molecule has 0 bridgehead atoms. The van der Waals surface area contributed by atoms with E-state index < -0.39 is 0 Å². The van der Waals surface area contributed by atoms with Crippen molar-refractivity contribution in [3.63, 3.8) is 0 Å². The van der Waals surface area contributed by atoms with Crippen molar-refractivity contribution in [1.82, 2.24) is 15.6 Å². The molecule has 0 spiro atoms. The highest BCUT2D eigenvalue weighted by Crippen LogP contribution is 2.20. The number of nitrogens with one attached hydrogen (secondary N) is 2. The molecule has 2 N–H and O–H groups in total. The van der Waals surface area contributed by atoms with Gasteiger partial charge in [-0.15, -0.1) is 5.10 Å². The normalized spacial score (nSPS) is 10.7. The topological polar surface area (TPSA) is 79.4 Å². The Labute approximate surface area is 139 Å². The lowest BCUT2D eigenvalue weighted by Crippen LogP contribution is -2.24. The number of carbonyl (C=O) groups excluding carboxylic acids is 1. The molecule has 0 unspecified atom stereocenters. The lowest BCUT2D eigenvalue weighted by molar-refractivity contribution is -0.123. The van der Waals surface area contributed by atoms with Gasteiger partial charge in [0.05, 0.1) is 11.9 Å². The molecule has 3 aromatic rings. The summed E-state index contributed by atoms with van der Waals surface area (Å²) in [4.78, 5) is 11.7. The van der Waals surface area contributed by atoms with Gasteiger partial charge in [-0.05, 0) is 11.1 Å². The van der Waals surface area contributed by atoms with Crippen LogP contribution in [-0.4, -0.2) is 28.9 Å². The Morgan fingerprint density at radius 1 is 1.12 bits per heavy atom. The fourth-order valence-electron chi connectivity index (χ4n) is 2.03. The van der Waals surface area contributed by atoms with E-state index in [9.17, 15) is 4.79 Å². The van der Waals surface area contributed by atoms with E-state index in [0.717, 1.165) is 16.8 Å². The van der Waals surface area contributed by atoms with E-state index in [0.29, 0.717) is 5.88 Å². The molecular weight excluding hydrogens is 304 g/mol. The highest BCUT2D eigenvalue weighted by Gasteiger charge is 2.06. The summed E-state index contributed by atoms with van der Waals surface area (Å²) in [5.74, 6) is 0.00230. The zero-order chi connectivity index (χ0) is 16.6. The van der Waals surface area contributed by atoms with Crippen LogP contribution >= 0.6 is 0 Å². The molecule has 1 heterocycles. The molecule has 1 aromatic heterocycles. The van der Waals surface area contributed by atoms with E-state index in [1.54, 1.807) is 12.3 Å². The largest absolute Gasteiger partial charge is 0.466 e. The Morgan fingerprint density at radius 3 is 2.58 bits per heavy atom. The van der Waals surface area contributed by atoms with Crippen LogP contribution in [0.15, 0.2) is 71.8 Å². The molecule has 120 valence electrons. The standard InChI is InChI=1S/C18H16N4O2/c23-17(21-19-12-14-7-3-1-4-8-14)13-24-18-11-16(20-22-18)15-9-5-2-6-10-15/h1-12H,13H2,(H,20,22)(H,21,23)/b19-12+. The smallest absolute Gasteiger partial charge is 0.278 e. The van der Waals surface area contributed by atoms with E-state index in [4.69, 9.17) is 4.74 Å². The minimum absolute atomic E-state index is 0.161. The van der Waals surface area contributed by atoms with Crippen LogP contribution in [-0.2, 0) is 4.79 Å². The van der Waals surface area contributed by atoms with Crippen molar-refractivity contribution in [1.29, 1.82) is 0 Å². The lowest BCUT2D eigenvalue weighted by Gasteiger charge is -2.00. The molecule has 2 aromatic carbocycles. The summed E-state index contributed by atoms with van der Waals surface area (Å²) in [6.45, 7) is -0.161. The van der Waals surface area contributed by atoms with E-state index >= 15 is 0 Å². The quantitative estimate of drug-likeness (QED) is 0.541. The highest BCUT2D eigenvalue weighted by atomic mass is 16.5. The van der Waals surface area contributed by atoms with Gasteiger partial charge in [0.1, 0.15) is 0 Å². The van der Waals surface area contributed by atoms with Gasteiger partial charge in [0.25, 0.3) is 5.91 Å². The average Bonchev–Trinajstić information content (AvgIpc) is 3.11. The molecule has 0 aliphatic carbocycles. The van der Waals surface area contributed by atoms with Crippen LogP contribution in [0.4, 0.5) is 0 Å². The van der Waals surface area contributed by atoms with E-state index in [1.807, 2.05) is 60.7 Å². The first kappa shape index (κ1) is 15.5. The molecule has 0 saturated carbocycles. The fourth-order valence-corrected chi connectivity index (χ4v) is 2.03. The number of rotatable bonds is 6. The van der Waals surface area contributed by atoms with Gasteiger partial charge in [0.2, 0.25) is 5.88 Å². The molecule has 0 aliphatic rings. The Balaban J connectivity index is 1.48. The van der Waals surface area contributed by atoms with Gasteiger partial charge in [-0.2, -0.15) is 5.10 Å². The Hall–Kier alpha value is -3.41. The fraction of sp³-hybridized carbons (Fsp3) is 0.0556. The summed E-state index contributed by atoms with van der Waals surface area (Å²) in [5.41, 5.74) is 5.13. The summed E-state index contributed by atoms with van der Waals surface area (Å²) in [6.07, 6.45) is 1.57. The predicted octanol–water partition coefficient (Wildman–Crippen LogP) is 2.61. The number of hydrazone groups is 1. The maximum atomic E-state index is 11.7. The van der Waals surface area contributed by atoms with Crippen molar-refractivity contribution in [2.45, 2.75) is 0 Å². The molecule has 6 heteroatoms. The molecule has 24 heavy (non-hydrogen) atoms. The molecule has 0 saturated heterocycles. The molecule has 3 rings (SSSR count). The Kier molecular flexibility index (Phi) is 4.99. The minimum Gasteiger partial charge on any atom is -0.466 e. The first-order chi connectivity index (χ1) is 11.8. The number of hydrogen-bond donors (Lipinski definition) is 2. The maximum absolute atomic E-state index is 11.7. The second-order valence-electron chi connectivity index (χ2n) is 4.98. The number of amides is 1. The predicted molar refractivity (Wildman–Crippen MR) is 91.7 cm³/mol. The molecule has 0 atom stereocenters. The third-order valence-electron chi connectivity index (χ3n) is 3.19. The van der Waals surface area contributed by atoms with Gasteiger partial charge < -0.3 is 4.74 Å². The van der Waals surface area contributed by atoms with Crippen molar-refractivity contribution in [3.8, 4) is 17.1 Å². The van der Waals surface area contributed by atoms with Crippen LogP contribution in [0, 0.1) is 0 Å². The summed E-state index contributed by atoms with van der Waals surface area (Å²) in [6, 6.07) is 21.0. The molecular formula is C18H16N4O2. The van der Waals surface area contributed by atoms with Crippen LogP contribution in [0.3, 0.4) is 0 Å². The number of H-pyrrole nitrogens is 1. The summed E-state index contributed by atoms with van der Waals surface area (Å²) in [5, 5.41) is 10.8. The van der Waals surface area contributed by atoms with Crippen molar-refractivity contribution in [2.75, 3.05) is 6.61 Å². The van der Waals surface area contributed by atoms with Crippen molar-refractivity contribution in [3.05, 3.63) is 72.3 Å². The van der Waals surface area contributed by atoms with Gasteiger partial charge in [-0.1, -0.05) is 60.7 Å². The first-order valence-electron chi connectivity index (χ1n) is 7.42. The zero-order valence-corrected chi connectivity index (χ0v) is 12.8. The molecule has 0 radical (unpaired) electrons. The van der Waals surface area contributed by atoms with Crippen LogP contribution in [0.2, 0.25) is 0 Å². The van der Waals surface area contributed by atoms with Gasteiger partial charge >= 0.3 is 0 Å². The second-order valence-corrected chi connectivity index (χ2v) is 4.98. The zero-order valence-electron chi connectivity index (χ0n) is 12.8. The number of benzene rings is 2. The van der Waals surface area contributed by atoms with Crippen LogP contribution < -0.4 is 10.2 Å². The van der Waals surface area contributed by atoms with Gasteiger partial charge in [-0.3, -0.25) is 9.89 Å². The van der Waals surface area contributed by atoms with Gasteiger partial charge in [0.15, 0.2) is 6.61 Å². The molecule has 6 nitrogen and oxygen atoms in total. The minimum atomic E-state index is -0.355. The Morgan fingerprint density at radius 2 is 1.83 bits per heavy atom. The van der Waals surface area contributed by atoms with Crippen molar-refractivity contribution < 1.29 is 9.53 Å². The number of hydrogen-bond acceptors (Lipinski definition) is 4. The lowest BCUT2D eigenvalue weighted by atomic mass is 10.2. The van der Waals surface area contributed by atoms with Gasteiger partial charge in [-0.25, -0.2) is 5.43 Å². The number of carbonyl (C=O) groups is 1. The Bertz CT molecular complexity index is 813. The summed E-state index contributed by atoms with van der Waals surface area (Å²) in [7, 11) is 0. The molecule has 0 aliphatic heterocycles. The average molecular weight is 320 g/mol. The third-order valence-corrected chi connectivity index (χ3v) is 3.19. The van der Waals surface area contributed by atoms with Gasteiger partial charge in [0, 0.05) is 6.07 Å². The van der Waals surface area contributed by atoms with Crippen molar-refractivity contribution >= 4 is 12.1 Å².